The van der Waals surface area contributed by atoms with Crippen LogP contribution in [0, 0.1) is 0 Å². The van der Waals surface area contributed by atoms with E-state index >= 15 is 0 Å². The Morgan fingerprint density at radius 3 is 2.83 bits per heavy atom. The molecule has 12 heteroatoms. The minimum absolute atomic E-state index is 0.147. The molecule has 0 bridgehead atoms. The monoisotopic (exact) mass is 613 g/mol. The Morgan fingerprint density at radius 2 is 1.98 bits per heavy atom. The molecule has 1 atom stereocenters. The van der Waals surface area contributed by atoms with Gasteiger partial charge in [-0.05, 0) is 44.0 Å². The number of benzene rings is 1. The molecule has 0 saturated heterocycles. The first-order valence-corrected chi connectivity index (χ1v) is 14.6. The van der Waals surface area contributed by atoms with Crippen LogP contribution in [0.3, 0.4) is 0 Å². The van der Waals surface area contributed by atoms with Gasteiger partial charge in [0, 0.05) is 34.4 Å². The number of aryl methyl sites for hydroxylation is 1. The molecular weight excluding hydrogens is 590 g/mol. The summed E-state index contributed by atoms with van der Waals surface area (Å²) in [5.74, 6) is -0.147. The number of aromatic nitrogens is 8. The molecule has 1 aromatic carbocycles. The lowest BCUT2D eigenvalue weighted by Gasteiger charge is -2.12. The van der Waals surface area contributed by atoms with Crippen molar-refractivity contribution >= 4 is 38.8 Å². The van der Waals surface area contributed by atoms with Gasteiger partial charge in [0.15, 0.2) is 0 Å². The average molecular weight is 615 g/mol. The molecule has 1 unspecified atom stereocenters. The van der Waals surface area contributed by atoms with E-state index in [1.165, 1.54) is 0 Å². The molecule has 200 valence electrons. The fraction of sp³-hybridized carbons (Fsp3) is 0.214. The van der Waals surface area contributed by atoms with Gasteiger partial charge in [-0.3, -0.25) is 9.48 Å². The maximum atomic E-state index is 13.6. The molecule has 0 saturated carbocycles. The number of carbonyl (C=O) groups excluding carboxylic acids is 1. The van der Waals surface area contributed by atoms with E-state index < -0.39 is 0 Å². The summed E-state index contributed by atoms with van der Waals surface area (Å²) < 4.78 is 6.63. The van der Waals surface area contributed by atoms with E-state index in [0.29, 0.717) is 23.5 Å². The first kappa shape index (κ1) is 24.9. The lowest BCUT2D eigenvalue weighted by atomic mass is 10.1. The molecule has 0 spiro atoms. The van der Waals surface area contributed by atoms with E-state index in [-0.39, 0.29) is 11.9 Å². The minimum atomic E-state index is -0.250. The van der Waals surface area contributed by atoms with Gasteiger partial charge in [-0.2, -0.15) is 5.10 Å². The highest BCUT2D eigenvalue weighted by molar-refractivity contribution is 9.10. The smallest absolute Gasteiger partial charge is 0.255 e. The fourth-order valence-corrected chi connectivity index (χ4v) is 6.13. The van der Waals surface area contributed by atoms with Crippen LogP contribution in [0.25, 0.3) is 28.3 Å². The second kappa shape index (κ2) is 10.1. The van der Waals surface area contributed by atoms with E-state index in [1.54, 1.807) is 16.0 Å². The van der Waals surface area contributed by atoms with Gasteiger partial charge in [-0.15, -0.1) is 16.4 Å². The Bertz CT molecular complexity index is 1820. The van der Waals surface area contributed by atoms with Crippen LogP contribution in [0.15, 0.2) is 70.9 Å². The van der Waals surface area contributed by atoms with Crippen molar-refractivity contribution in [1.82, 2.24) is 44.5 Å². The molecule has 10 nitrogen and oxygen atoms in total. The van der Waals surface area contributed by atoms with Gasteiger partial charge in [0.25, 0.3) is 5.91 Å². The predicted octanol–water partition coefficient (Wildman–Crippen LogP) is 5.16. The van der Waals surface area contributed by atoms with Crippen molar-refractivity contribution in [3.8, 4) is 22.6 Å². The molecule has 0 aliphatic carbocycles. The van der Waals surface area contributed by atoms with Gasteiger partial charge >= 0.3 is 0 Å². The zero-order valence-electron chi connectivity index (χ0n) is 21.5. The van der Waals surface area contributed by atoms with Gasteiger partial charge in [0.2, 0.25) is 0 Å². The number of pyridine rings is 1. The maximum absolute atomic E-state index is 13.6. The van der Waals surface area contributed by atoms with Crippen molar-refractivity contribution < 1.29 is 4.79 Å². The van der Waals surface area contributed by atoms with E-state index in [0.717, 1.165) is 57.2 Å². The van der Waals surface area contributed by atoms with Gasteiger partial charge < -0.3 is 9.72 Å². The lowest BCUT2D eigenvalue weighted by Crippen LogP contribution is -2.28. The highest BCUT2D eigenvalue weighted by Gasteiger charge is 2.28. The Labute approximate surface area is 241 Å². The molecule has 1 N–H and O–H groups in total. The number of rotatable bonds is 7. The van der Waals surface area contributed by atoms with Gasteiger partial charge in [0.1, 0.15) is 22.0 Å². The molecule has 5 aromatic heterocycles. The number of carbonyl (C=O) groups is 1. The van der Waals surface area contributed by atoms with Crippen molar-refractivity contribution in [2.24, 2.45) is 0 Å². The number of amides is 1. The Morgan fingerprint density at radius 1 is 1.10 bits per heavy atom. The number of nitrogens with zero attached hydrogens (tertiary/aromatic N) is 8. The highest BCUT2D eigenvalue weighted by atomic mass is 79.9. The topological polar surface area (TPSA) is 108 Å². The molecule has 0 radical (unpaired) electrons. The number of imidazole rings is 1. The predicted molar refractivity (Wildman–Crippen MR) is 155 cm³/mol. The second-order valence-corrected chi connectivity index (χ2v) is 11.6. The summed E-state index contributed by atoms with van der Waals surface area (Å²) in [5.41, 5.74) is 6.46. The quantitative estimate of drug-likeness (QED) is 0.266. The standard InChI is InChI=1S/C28H24BrN9OS/c1-17(28-32-23(16-40-28)18-7-9-19(29)10-8-18)30-27(39)26-22(34-38-12-4-5-24(26)38)15-37-14-21(33-35-37)20-13-36-11-3-2-6-25(36)31-20/h2-3,6-11,13-14,16-17H,4-5,12,15H2,1H3,(H,30,39). The van der Waals surface area contributed by atoms with E-state index in [9.17, 15) is 4.79 Å². The third-order valence-electron chi connectivity index (χ3n) is 7.00. The zero-order valence-corrected chi connectivity index (χ0v) is 23.9. The Hall–Kier alpha value is -4.16. The molecule has 1 aliphatic heterocycles. The highest BCUT2D eigenvalue weighted by Crippen LogP contribution is 2.28. The van der Waals surface area contributed by atoms with Crippen LogP contribution in [0.4, 0.5) is 0 Å². The van der Waals surface area contributed by atoms with Crippen molar-refractivity contribution in [2.45, 2.75) is 38.9 Å². The van der Waals surface area contributed by atoms with Crippen LogP contribution in [-0.4, -0.2) is 45.1 Å². The summed E-state index contributed by atoms with van der Waals surface area (Å²) >= 11 is 5.02. The van der Waals surface area contributed by atoms with Crippen LogP contribution >= 0.6 is 27.3 Å². The van der Waals surface area contributed by atoms with E-state index in [2.05, 4.69) is 36.5 Å². The largest absolute Gasteiger partial charge is 0.343 e. The first-order chi connectivity index (χ1) is 19.5. The Balaban J connectivity index is 1.11. The number of nitrogens with one attached hydrogen (secondary N) is 1. The average Bonchev–Trinajstić information content (AvgIpc) is 3.77. The van der Waals surface area contributed by atoms with Crippen LogP contribution in [-0.2, 0) is 19.5 Å². The molecule has 40 heavy (non-hydrogen) atoms. The Kier molecular flexibility index (Phi) is 6.28. The summed E-state index contributed by atoms with van der Waals surface area (Å²) in [7, 11) is 0. The molecule has 1 aliphatic rings. The fourth-order valence-electron chi connectivity index (χ4n) is 5.03. The molecule has 7 rings (SSSR count). The summed E-state index contributed by atoms with van der Waals surface area (Å²) in [4.78, 5) is 23.1. The summed E-state index contributed by atoms with van der Waals surface area (Å²) in [6.07, 6.45) is 7.51. The van der Waals surface area contributed by atoms with Gasteiger partial charge in [0.05, 0.1) is 41.4 Å². The molecule has 6 heterocycles. The number of halogens is 1. The van der Waals surface area contributed by atoms with Crippen molar-refractivity contribution in [2.75, 3.05) is 0 Å². The molecular formula is C28H24BrN9OS. The van der Waals surface area contributed by atoms with E-state index in [4.69, 9.17) is 10.1 Å². The third kappa shape index (κ3) is 4.62. The molecule has 0 fully saturated rings. The molecule has 6 aromatic rings. The maximum Gasteiger partial charge on any atom is 0.255 e. The third-order valence-corrected chi connectivity index (χ3v) is 8.55. The van der Waals surface area contributed by atoms with Crippen molar-refractivity contribution in [1.29, 1.82) is 0 Å². The van der Waals surface area contributed by atoms with Gasteiger partial charge in [-0.25, -0.2) is 14.6 Å². The van der Waals surface area contributed by atoms with Crippen LogP contribution in [0.5, 0.6) is 0 Å². The number of fused-ring (bicyclic) bond motifs is 2. The second-order valence-electron chi connectivity index (χ2n) is 9.76. The normalized spacial score (nSPS) is 13.6. The summed E-state index contributed by atoms with van der Waals surface area (Å²) in [6.45, 7) is 3.10. The van der Waals surface area contributed by atoms with Crippen LogP contribution in [0.2, 0.25) is 0 Å². The zero-order chi connectivity index (χ0) is 27.2. The van der Waals surface area contributed by atoms with Crippen LogP contribution in [0.1, 0.15) is 46.1 Å². The minimum Gasteiger partial charge on any atom is -0.343 e. The van der Waals surface area contributed by atoms with Crippen molar-refractivity contribution in [3.05, 3.63) is 92.9 Å². The SMILES string of the molecule is CC(NC(=O)c1c(Cn2cc(-c3cn4ccccc4n3)nn2)nn2c1CCC2)c1nc(-c2ccc(Br)cc2)cs1. The van der Waals surface area contributed by atoms with Crippen molar-refractivity contribution in [3.63, 3.8) is 0 Å². The van der Waals surface area contributed by atoms with E-state index in [1.807, 2.05) is 82.4 Å². The first-order valence-electron chi connectivity index (χ1n) is 13.0. The number of thiazole rings is 1. The lowest BCUT2D eigenvalue weighted by molar-refractivity contribution is 0.0938. The molecule has 1 amide bonds. The summed E-state index contributed by atoms with van der Waals surface area (Å²) in [6, 6.07) is 13.6. The van der Waals surface area contributed by atoms with Gasteiger partial charge in [-0.1, -0.05) is 39.3 Å². The van der Waals surface area contributed by atoms with Crippen LogP contribution < -0.4 is 5.32 Å². The number of hydrogen-bond donors (Lipinski definition) is 1. The summed E-state index contributed by atoms with van der Waals surface area (Å²) in [5, 5.41) is 19.5. The number of hydrogen-bond acceptors (Lipinski definition) is 7.